The zero-order chi connectivity index (χ0) is 11.7. The van der Waals surface area contributed by atoms with Crippen molar-refractivity contribution in [3.8, 4) is 0 Å². The molecule has 0 aromatic carbocycles. The number of carbonyl (C=O) groups is 1. The summed E-state index contributed by atoms with van der Waals surface area (Å²) in [5.41, 5.74) is 1.41. The molecule has 0 aliphatic rings. The summed E-state index contributed by atoms with van der Waals surface area (Å²) in [7, 11) is 0. The maximum absolute atomic E-state index is 10.6. The maximum Gasteiger partial charge on any atom is 0.365 e. The fraction of sp³-hybridized carbons (Fsp3) is 0.222. The number of nitrogens with zero attached hydrogens (tertiary/aromatic N) is 3. The Morgan fingerprint density at radius 1 is 1.69 bits per heavy atom. The van der Waals surface area contributed by atoms with Gasteiger partial charge in [-0.3, -0.25) is 4.68 Å². The second-order valence-electron chi connectivity index (χ2n) is 3.21. The van der Waals surface area contributed by atoms with Gasteiger partial charge in [0.15, 0.2) is 0 Å². The van der Waals surface area contributed by atoms with E-state index in [0.717, 1.165) is 17.0 Å². The second kappa shape index (κ2) is 4.23. The SMILES string of the molecule is Cc1nn(Cc2csc(C(=O)O)n2)cc1Cl. The van der Waals surface area contributed by atoms with Gasteiger partial charge in [0.2, 0.25) is 5.01 Å². The van der Waals surface area contributed by atoms with Crippen LogP contribution in [0, 0.1) is 6.92 Å². The van der Waals surface area contributed by atoms with E-state index in [1.807, 2.05) is 6.92 Å². The van der Waals surface area contributed by atoms with Gasteiger partial charge in [0.25, 0.3) is 0 Å². The molecule has 7 heteroatoms. The minimum atomic E-state index is -1.01. The van der Waals surface area contributed by atoms with Crippen molar-refractivity contribution in [2.24, 2.45) is 0 Å². The van der Waals surface area contributed by atoms with E-state index in [4.69, 9.17) is 16.7 Å². The molecule has 0 amide bonds. The average Bonchev–Trinajstić information content (AvgIpc) is 2.76. The van der Waals surface area contributed by atoms with Crippen LogP contribution in [-0.2, 0) is 6.54 Å². The molecule has 0 aliphatic carbocycles. The summed E-state index contributed by atoms with van der Waals surface area (Å²) in [4.78, 5) is 14.6. The Balaban J connectivity index is 2.17. The van der Waals surface area contributed by atoms with Crippen molar-refractivity contribution in [2.45, 2.75) is 13.5 Å². The van der Waals surface area contributed by atoms with E-state index in [-0.39, 0.29) is 5.01 Å². The lowest BCUT2D eigenvalue weighted by molar-refractivity contribution is 0.0696. The Morgan fingerprint density at radius 2 is 2.44 bits per heavy atom. The Kier molecular flexibility index (Phi) is 2.93. The molecule has 16 heavy (non-hydrogen) atoms. The van der Waals surface area contributed by atoms with Crippen molar-refractivity contribution < 1.29 is 9.90 Å². The van der Waals surface area contributed by atoms with E-state index in [9.17, 15) is 4.79 Å². The number of rotatable bonds is 3. The van der Waals surface area contributed by atoms with Crippen LogP contribution in [0.4, 0.5) is 0 Å². The zero-order valence-corrected chi connectivity index (χ0v) is 9.92. The van der Waals surface area contributed by atoms with Crippen molar-refractivity contribution >= 4 is 28.9 Å². The Hall–Kier alpha value is -1.40. The number of carboxylic acid groups (broad SMARTS) is 1. The normalized spacial score (nSPS) is 10.6. The summed E-state index contributed by atoms with van der Waals surface area (Å²) < 4.78 is 1.64. The molecular formula is C9H8ClN3O2S. The van der Waals surface area contributed by atoms with Crippen LogP contribution in [0.3, 0.4) is 0 Å². The van der Waals surface area contributed by atoms with Gasteiger partial charge in [0.1, 0.15) is 0 Å². The number of hydrogen-bond donors (Lipinski definition) is 1. The number of carboxylic acids is 1. The average molecular weight is 258 g/mol. The first-order chi connectivity index (χ1) is 7.56. The molecule has 0 saturated carbocycles. The zero-order valence-electron chi connectivity index (χ0n) is 8.35. The second-order valence-corrected chi connectivity index (χ2v) is 4.47. The van der Waals surface area contributed by atoms with Crippen molar-refractivity contribution in [3.63, 3.8) is 0 Å². The van der Waals surface area contributed by atoms with Gasteiger partial charge in [-0.05, 0) is 6.92 Å². The lowest BCUT2D eigenvalue weighted by Crippen LogP contribution is -2.02. The quantitative estimate of drug-likeness (QED) is 0.914. The smallest absolute Gasteiger partial charge is 0.365 e. The molecule has 0 saturated heterocycles. The third kappa shape index (κ3) is 2.23. The first-order valence-corrected chi connectivity index (χ1v) is 5.69. The van der Waals surface area contributed by atoms with Crippen LogP contribution in [0.1, 0.15) is 21.2 Å². The highest BCUT2D eigenvalue weighted by Crippen LogP contribution is 2.15. The van der Waals surface area contributed by atoms with E-state index >= 15 is 0 Å². The Bertz CT molecular complexity index is 515. The predicted octanol–water partition coefficient (Wildman–Crippen LogP) is 2.05. The highest BCUT2D eigenvalue weighted by Gasteiger charge is 2.10. The molecule has 0 spiro atoms. The molecule has 0 fully saturated rings. The van der Waals surface area contributed by atoms with Gasteiger partial charge in [0, 0.05) is 11.6 Å². The van der Waals surface area contributed by atoms with E-state index in [2.05, 4.69) is 10.1 Å². The topological polar surface area (TPSA) is 68.0 Å². The molecule has 2 aromatic heterocycles. The Labute approximate surface area is 100 Å². The van der Waals surface area contributed by atoms with Gasteiger partial charge < -0.3 is 5.11 Å². The number of hydrogen-bond acceptors (Lipinski definition) is 4. The van der Waals surface area contributed by atoms with Crippen LogP contribution in [0.5, 0.6) is 0 Å². The molecule has 2 heterocycles. The number of thiazole rings is 1. The van der Waals surface area contributed by atoms with E-state index in [1.54, 1.807) is 16.3 Å². The minimum absolute atomic E-state index is 0.0879. The fourth-order valence-electron chi connectivity index (χ4n) is 1.22. The predicted molar refractivity (Wildman–Crippen MR) is 60.1 cm³/mol. The van der Waals surface area contributed by atoms with E-state index in [0.29, 0.717) is 17.3 Å². The lowest BCUT2D eigenvalue weighted by Gasteiger charge is -1.95. The van der Waals surface area contributed by atoms with Gasteiger partial charge in [-0.15, -0.1) is 11.3 Å². The fourth-order valence-corrected chi connectivity index (χ4v) is 2.01. The summed E-state index contributed by atoms with van der Waals surface area (Å²) in [5.74, 6) is -1.01. The molecule has 0 aliphatic heterocycles. The Morgan fingerprint density at radius 3 is 2.94 bits per heavy atom. The van der Waals surface area contributed by atoms with E-state index < -0.39 is 5.97 Å². The van der Waals surface area contributed by atoms with Gasteiger partial charge in [-0.25, -0.2) is 9.78 Å². The molecule has 2 rings (SSSR count). The molecule has 84 valence electrons. The summed E-state index contributed by atoms with van der Waals surface area (Å²) >= 11 is 6.96. The summed E-state index contributed by atoms with van der Waals surface area (Å²) in [5, 5.41) is 15.3. The third-order valence-corrected chi connectivity index (χ3v) is 3.20. The lowest BCUT2D eigenvalue weighted by atomic mass is 10.5. The largest absolute Gasteiger partial charge is 0.476 e. The molecule has 1 N–H and O–H groups in total. The van der Waals surface area contributed by atoms with Gasteiger partial charge in [-0.1, -0.05) is 11.6 Å². The molecule has 5 nitrogen and oxygen atoms in total. The summed E-state index contributed by atoms with van der Waals surface area (Å²) in [6.45, 7) is 2.24. The molecule has 0 atom stereocenters. The van der Waals surface area contributed by atoms with Gasteiger partial charge in [-0.2, -0.15) is 5.10 Å². The highest BCUT2D eigenvalue weighted by molar-refractivity contribution is 7.11. The van der Waals surface area contributed by atoms with Crippen LogP contribution >= 0.6 is 22.9 Å². The third-order valence-electron chi connectivity index (χ3n) is 1.95. The van der Waals surface area contributed by atoms with Crippen LogP contribution < -0.4 is 0 Å². The van der Waals surface area contributed by atoms with Crippen molar-refractivity contribution in [2.75, 3.05) is 0 Å². The van der Waals surface area contributed by atoms with Crippen LogP contribution in [0.25, 0.3) is 0 Å². The molecule has 0 unspecified atom stereocenters. The first kappa shape index (κ1) is 11.1. The number of halogens is 1. The van der Waals surface area contributed by atoms with E-state index in [1.165, 1.54) is 0 Å². The highest BCUT2D eigenvalue weighted by atomic mass is 35.5. The standard InChI is InChI=1S/C9H8ClN3O2S/c1-5-7(10)3-13(12-5)2-6-4-16-8(11-6)9(14)15/h3-4H,2H2,1H3,(H,14,15). The first-order valence-electron chi connectivity index (χ1n) is 4.43. The maximum atomic E-state index is 10.6. The van der Waals surface area contributed by atoms with Crippen molar-refractivity contribution in [1.82, 2.24) is 14.8 Å². The molecule has 2 aromatic rings. The summed E-state index contributed by atoms with van der Waals surface area (Å²) in [6.07, 6.45) is 1.69. The number of aryl methyl sites for hydroxylation is 1. The molecular weight excluding hydrogens is 250 g/mol. The van der Waals surface area contributed by atoms with Crippen molar-refractivity contribution in [1.29, 1.82) is 0 Å². The van der Waals surface area contributed by atoms with Crippen molar-refractivity contribution in [3.05, 3.63) is 33.0 Å². The minimum Gasteiger partial charge on any atom is -0.476 e. The summed E-state index contributed by atoms with van der Waals surface area (Å²) in [6, 6.07) is 0. The van der Waals surface area contributed by atoms with Crippen LogP contribution in [0.2, 0.25) is 5.02 Å². The number of aromatic carboxylic acids is 1. The van der Waals surface area contributed by atoms with Crippen LogP contribution in [0.15, 0.2) is 11.6 Å². The van der Waals surface area contributed by atoms with Crippen LogP contribution in [-0.4, -0.2) is 25.8 Å². The van der Waals surface area contributed by atoms with Gasteiger partial charge >= 0.3 is 5.97 Å². The van der Waals surface area contributed by atoms with Gasteiger partial charge in [0.05, 0.1) is 23.0 Å². The molecule has 0 bridgehead atoms. The number of aromatic nitrogens is 3. The molecule has 0 radical (unpaired) electrons. The monoisotopic (exact) mass is 257 g/mol.